The molecule has 0 bridgehead atoms. The van der Waals surface area contributed by atoms with Crippen LogP contribution in [0.5, 0.6) is 5.75 Å². The van der Waals surface area contributed by atoms with Crippen LogP contribution in [0.3, 0.4) is 0 Å². The number of carbonyl (C=O) groups is 2. The van der Waals surface area contributed by atoms with Crippen molar-refractivity contribution in [1.29, 1.82) is 5.26 Å². The lowest BCUT2D eigenvalue weighted by molar-refractivity contribution is -0.131. The summed E-state index contributed by atoms with van der Waals surface area (Å²) in [5.74, 6) is -0.552. The molecule has 1 saturated carbocycles. The minimum Gasteiger partial charge on any atom is -0.493 e. The first-order chi connectivity index (χ1) is 16.9. The molecular weight excluding hydrogens is 444 g/mol. The van der Waals surface area contributed by atoms with E-state index in [1.54, 1.807) is 22.9 Å². The van der Waals surface area contributed by atoms with Crippen molar-refractivity contribution in [3.05, 3.63) is 77.6 Å². The molecule has 0 radical (unpaired) electrons. The van der Waals surface area contributed by atoms with Crippen LogP contribution in [-0.4, -0.2) is 33.4 Å². The van der Waals surface area contributed by atoms with E-state index in [1.807, 2.05) is 31.6 Å². The molecule has 5 rings (SSSR count). The molecular formula is C27H24N4O4. The van der Waals surface area contributed by atoms with Crippen LogP contribution in [0.1, 0.15) is 29.5 Å². The molecule has 1 aliphatic heterocycles. The van der Waals surface area contributed by atoms with Crippen molar-refractivity contribution in [2.75, 3.05) is 11.9 Å². The van der Waals surface area contributed by atoms with Crippen LogP contribution < -0.4 is 10.1 Å². The number of nitrogens with zero attached hydrogens (tertiary/aromatic N) is 3. The number of ether oxygens (including phenoxy) is 1. The maximum Gasteiger partial charge on any atom is 0.327 e. The van der Waals surface area contributed by atoms with Crippen molar-refractivity contribution in [3.8, 4) is 22.9 Å². The van der Waals surface area contributed by atoms with Gasteiger partial charge in [0.1, 0.15) is 5.75 Å². The fourth-order valence-electron chi connectivity index (χ4n) is 4.94. The highest BCUT2D eigenvalue weighted by atomic mass is 16.5. The summed E-state index contributed by atoms with van der Waals surface area (Å²) in [4.78, 5) is 24.2. The van der Waals surface area contributed by atoms with Crippen molar-refractivity contribution in [3.63, 3.8) is 0 Å². The van der Waals surface area contributed by atoms with Gasteiger partial charge in [-0.05, 0) is 54.7 Å². The molecule has 2 aliphatic rings. The molecule has 1 aliphatic carbocycles. The van der Waals surface area contributed by atoms with Crippen LogP contribution in [-0.2, 0) is 28.5 Å². The fourth-order valence-corrected chi connectivity index (χ4v) is 4.94. The summed E-state index contributed by atoms with van der Waals surface area (Å²) in [7, 11) is 1.88. The summed E-state index contributed by atoms with van der Waals surface area (Å²) < 4.78 is 7.67. The first-order valence-electron chi connectivity index (χ1n) is 11.4. The minimum atomic E-state index is -1.03. The zero-order valence-electron chi connectivity index (χ0n) is 19.2. The van der Waals surface area contributed by atoms with E-state index in [4.69, 9.17) is 9.84 Å². The van der Waals surface area contributed by atoms with Crippen LogP contribution in [0.25, 0.3) is 11.1 Å². The number of hydrogen-bond donors (Lipinski definition) is 2. The Hall–Kier alpha value is -4.38. The lowest BCUT2D eigenvalue weighted by Gasteiger charge is -2.27. The molecule has 176 valence electrons. The molecule has 0 saturated heterocycles. The number of carboxylic acids is 1. The summed E-state index contributed by atoms with van der Waals surface area (Å²) in [5.41, 5.74) is 4.49. The highest BCUT2D eigenvalue weighted by molar-refractivity contribution is 5.97. The number of aromatic nitrogens is 2. The Morgan fingerprint density at radius 1 is 1.31 bits per heavy atom. The molecule has 35 heavy (non-hydrogen) atoms. The maximum atomic E-state index is 13.4. The molecule has 2 aromatic carbocycles. The van der Waals surface area contributed by atoms with Crippen molar-refractivity contribution >= 4 is 17.6 Å². The number of carbonyl (C=O) groups excluding carboxylic acids is 1. The number of fused-ring (bicyclic) bond motifs is 2. The highest BCUT2D eigenvalue weighted by Gasteiger charge is 2.61. The van der Waals surface area contributed by atoms with Gasteiger partial charge in [0.15, 0.2) is 0 Å². The number of nitrogens with one attached hydrogen (secondary N) is 1. The van der Waals surface area contributed by atoms with Crippen LogP contribution in [0, 0.1) is 17.2 Å². The molecule has 8 nitrogen and oxygen atoms in total. The van der Waals surface area contributed by atoms with Crippen LogP contribution >= 0.6 is 0 Å². The van der Waals surface area contributed by atoms with Gasteiger partial charge in [0, 0.05) is 47.5 Å². The molecule has 2 atom stereocenters. The third-order valence-electron chi connectivity index (χ3n) is 6.85. The molecule has 2 heterocycles. The number of anilines is 1. The average Bonchev–Trinajstić information content (AvgIpc) is 3.40. The van der Waals surface area contributed by atoms with Gasteiger partial charge in [-0.1, -0.05) is 18.2 Å². The van der Waals surface area contributed by atoms with E-state index >= 15 is 0 Å². The third kappa shape index (κ3) is 4.28. The van der Waals surface area contributed by atoms with E-state index in [-0.39, 0.29) is 17.2 Å². The van der Waals surface area contributed by atoms with Crippen LogP contribution in [0.2, 0.25) is 0 Å². The molecule has 1 fully saturated rings. The largest absolute Gasteiger partial charge is 0.493 e. The molecule has 2 N–H and O–H groups in total. The Morgan fingerprint density at radius 3 is 2.91 bits per heavy atom. The van der Waals surface area contributed by atoms with E-state index < -0.39 is 5.97 Å². The summed E-state index contributed by atoms with van der Waals surface area (Å²) in [6.07, 6.45) is 8.16. The zero-order valence-corrected chi connectivity index (χ0v) is 19.2. The second kappa shape index (κ2) is 8.76. The Labute approximate surface area is 202 Å². The van der Waals surface area contributed by atoms with Crippen molar-refractivity contribution in [1.82, 2.24) is 9.78 Å². The van der Waals surface area contributed by atoms with Crippen molar-refractivity contribution in [2.45, 2.75) is 24.7 Å². The summed E-state index contributed by atoms with van der Waals surface area (Å²) in [5, 5.41) is 25.5. The lowest BCUT2D eigenvalue weighted by Crippen LogP contribution is -2.27. The van der Waals surface area contributed by atoms with Gasteiger partial charge in [-0.3, -0.25) is 9.48 Å². The second-order valence-electron chi connectivity index (χ2n) is 9.04. The number of amides is 1. The Balaban J connectivity index is 1.40. The number of benzene rings is 2. The number of carboxylic acid groups (broad SMARTS) is 1. The van der Waals surface area contributed by atoms with Gasteiger partial charge in [-0.2, -0.15) is 10.4 Å². The SMILES string of the molecule is Cn1cc(-c2ccc3c(c2)[C@]2(CCO3)C[C@H]2C(=O)Nc2cc(C#N)ccc2CC=CC(=O)O)cn1. The van der Waals surface area contributed by atoms with Gasteiger partial charge in [0.05, 0.1) is 24.4 Å². The van der Waals surface area contributed by atoms with E-state index in [0.29, 0.717) is 24.3 Å². The Morgan fingerprint density at radius 2 is 2.17 bits per heavy atom. The predicted octanol–water partition coefficient (Wildman–Crippen LogP) is 3.82. The lowest BCUT2D eigenvalue weighted by atomic mass is 9.85. The van der Waals surface area contributed by atoms with Crippen molar-refractivity contribution in [2.24, 2.45) is 13.0 Å². The van der Waals surface area contributed by atoms with Crippen molar-refractivity contribution < 1.29 is 19.4 Å². The maximum absolute atomic E-state index is 13.4. The summed E-state index contributed by atoms with van der Waals surface area (Å²) >= 11 is 0. The van der Waals surface area contributed by atoms with Crippen LogP contribution in [0.4, 0.5) is 5.69 Å². The number of allylic oxidation sites excluding steroid dienone is 1. The van der Waals surface area contributed by atoms with Gasteiger partial charge in [-0.25, -0.2) is 4.79 Å². The number of rotatable bonds is 6. The van der Waals surface area contributed by atoms with E-state index in [0.717, 1.165) is 46.9 Å². The normalized spacial score (nSPS) is 20.2. The number of hydrogen-bond acceptors (Lipinski definition) is 5. The Kier molecular flexibility index (Phi) is 5.61. The van der Waals surface area contributed by atoms with Gasteiger partial charge >= 0.3 is 5.97 Å². The molecule has 1 spiro atoms. The minimum absolute atomic E-state index is 0.108. The molecule has 8 heteroatoms. The quantitative estimate of drug-likeness (QED) is 0.531. The second-order valence-corrected chi connectivity index (χ2v) is 9.04. The molecule has 1 amide bonds. The standard InChI is InChI=1S/C27H24N4O4/c1-31-16-20(15-29-31)19-7-8-24-21(12-19)27(9-10-35-24)13-22(27)26(34)30-23-11-17(14-28)5-6-18(23)3-2-4-25(32)33/h2,4-8,11-12,15-16,22H,3,9-10,13H2,1H3,(H,30,34)(H,32,33)/t22-,27-/m0/s1. The first-order valence-corrected chi connectivity index (χ1v) is 11.4. The topological polar surface area (TPSA) is 117 Å². The Bertz CT molecular complexity index is 1400. The molecule has 0 unspecified atom stereocenters. The van der Waals surface area contributed by atoms with Crippen LogP contribution in [0.15, 0.2) is 60.9 Å². The smallest absolute Gasteiger partial charge is 0.327 e. The number of aryl methyl sites for hydroxylation is 1. The van der Waals surface area contributed by atoms with Gasteiger partial charge in [-0.15, -0.1) is 0 Å². The highest BCUT2D eigenvalue weighted by Crippen LogP contribution is 2.61. The third-order valence-corrected chi connectivity index (χ3v) is 6.85. The molecule has 3 aromatic rings. The van der Waals surface area contributed by atoms with E-state index in [2.05, 4.69) is 22.6 Å². The molecule has 1 aromatic heterocycles. The monoisotopic (exact) mass is 468 g/mol. The first kappa shape index (κ1) is 22.4. The number of aliphatic carboxylic acids is 1. The average molecular weight is 469 g/mol. The van der Waals surface area contributed by atoms with Gasteiger partial charge in [0.25, 0.3) is 0 Å². The van der Waals surface area contributed by atoms with E-state index in [9.17, 15) is 14.9 Å². The summed E-state index contributed by atoms with van der Waals surface area (Å²) in [6.45, 7) is 0.554. The van der Waals surface area contributed by atoms with Gasteiger partial charge < -0.3 is 15.2 Å². The van der Waals surface area contributed by atoms with Gasteiger partial charge in [0.2, 0.25) is 5.91 Å². The zero-order chi connectivity index (χ0) is 24.6. The predicted molar refractivity (Wildman–Crippen MR) is 129 cm³/mol. The fraction of sp³-hybridized carbons (Fsp3) is 0.259. The summed E-state index contributed by atoms with van der Waals surface area (Å²) in [6, 6.07) is 13.2. The number of nitriles is 1. The van der Waals surface area contributed by atoms with E-state index in [1.165, 1.54) is 6.08 Å².